The van der Waals surface area contributed by atoms with Gasteiger partial charge in [-0.05, 0) is 0 Å². The van der Waals surface area contributed by atoms with Crippen LogP contribution in [0.15, 0.2) is 18.7 Å². The molecule has 0 saturated carbocycles. The summed E-state index contributed by atoms with van der Waals surface area (Å²) in [7, 11) is 0. The van der Waals surface area contributed by atoms with E-state index in [1.807, 2.05) is 18.7 Å². The molecular formula is C6H11AsN2. The second-order valence-electron chi connectivity index (χ2n) is 1.94. The zero-order valence-corrected chi connectivity index (χ0v) is 7.75. The minimum absolute atomic E-state index is 1.12. The monoisotopic (exact) mass is 186 g/mol. The van der Waals surface area contributed by atoms with Crippen molar-refractivity contribution in [3.05, 3.63) is 18.7 Å². The van der Waals surface area contributed by atoms with Crippen LogP contribution in [0.2, 0.25) is 5.21 Å². The third-order valence-electron chi connectivity index (χ3n) is 1.18. The Morgan fingerprint density at radius 2 is 2.44 bits per heavy atom. The Kier molecular flexibility index (Phi) is 2.85. The fraction of sp³-hybridized carbons (Fsp3) is 0.500. The van der Waals surface area contributed by atoms with E-state index in [9.17, 15) is 0 Å². The minimum atomic E-state index is 1.12. The number of hydrogen-bond acceptors (Lipinski definition) is 1. The molecule has 0 aliphatic rings. The Balaban J connectivity index is 2.30. The summed E-state index contributed by atoms with van der Waals surface area (Å²) < 4.78 is 2.11. The first kappa shape index (κ1) is 6.88. The molecule has 0 aliphatic carbocycles. The predicted molar refractivity (Wildman–Crippen MR) is 40.2 cm³/mol. The molecule has 1 aromatic rings. The Morgan fingerprint density at radius 3 is 3.00 bits per heavy atom. The molecule has 0 bridgehead atoms. The van der Waals surface area contributed by atoms with Gasteiger partial charge in [0.25, 0.3) is 0 Å². The van der Waals surface area contributed by atoms with Gasteiger partial charge >= 0.3 is 63.3 Å². The molecule has 0 aromatic carbocycles. The van der Waals surface area contributed by atoms with Gasteiger partial charge in [-0.3, -0.25) is 0 Å². The quantitative estimate of drug-likeness (QED) is 0.622. The van der Waals surface area contributed by atoms with Crippen LogP contribution in [0.1, 0.15) is 6.42 Å². The van der Waals surface area contributed by atoms with Crippen molar-refractivity contribution in [2.24, 2.45) is 0 Å². The van der Waals surface area contributed by atoms with Crippen molar-refractivity contribution in [3.8, 4) is 0 Å². The van der Waals surface area contributed by atoms with Gasteiger partial charge in [0.1, 0.15) is 0 Å². The number of aromatic nitrogens is 2. The zero-order valence-electron chi connectivity index (χ0n) is 5.33. The third kappa shape index (κ3) is 2.23. The van der Waals surface area contributed by atoms with Gasteiger partial charge in [-0.25, -0.2) is 0 Å². The second kappa shape index (κ2) is 3.73. The molecule has 2 nitrogen and oxygen atoms in total. The average molecular weight is 186 g/mol. The average Bonchev–Trinajstić information content (AvgIpc) is 2.34. The Bertz CT molecular complexity index is 148. The standard InChI is InChI=1S/C6H11AsN2/c7-2-1-4-9-5-3-8-6-9/h3,5-6H,1-2,4,7H2. The van der Waals surface area contributed by atoms with Crippen molar-refractivity contribution in [1.82, 2.24) is 9.55 Å². The van der Waals surface area contributed by atoms with Gasteiger partial charge in [-0.2, -0.15) is 0 Å². The Labute approximate surface area is 63.8 Å². The second-order valence-corrected chi connectivity index (χ2v) is 3.15. The summed E-state index contributed by atoms with van der Waals surface area (Å²) in [5.41, 5.74) is 0. The molecule has 0 fully saturated rings. The van der Waals surface area contributed by atoms with Gasteiger partial charge in [0.15, 0.2) is 0 Å². The van der Waals surface area contributed by atoms with E-state index in [1.54, 1.807) is 16.9 Å². The molecule has 1 rings (SSSR count). The summed E-state index contributed by atoms with van der Waals surface area (Å²) in [6.45, 7) is 1.12. The molecule has 0 N–H and O–H groups in total. The molecule has 0 aliphatic heterocycles. The van der Waals surface area contributed by atoms with Crippen LogP contribution in [0.4, 0.5) is 0 Å². The maximum atomic E-state index is 3.94. The van der Waals surface area contributed by atoms with E-state index in [-0.39, 0.29) is 0 Å². The summed E-state index contributed by atoms with van der Waals surface area (Å²) >= 11 is 1.80. The van der Waals surface area contributed by atoms with E-state index >= 15 is 0 Å². The number of rotatable bonds is 3. The first-order valence-corrected chi connectivity index (χ1v) is 4.80. The van der Waals surface area contributed by atoms with E-state index < -0.39 is 0 Å². The molecule has 0 amide bonds. The molecule has 1 aromatic heterocycles. The summed E-state index contributed by atoms with van der Waals surface area (Å²) in [6, 6.07) is 0. The van der Waals surface area contributed by atoms with Crippen LogP contribution in [-0.4, -0.2) is 26.4 Å². The molecule has 1 heterocycles. The molecule has 50 valence electrons. The van der Waals surface area contributed by atoms with Crippen LogP contribution in [0, 0.1) is 0 Å². The number of nitrogens with zero attached hydrogens (tertiary/aromatic N) is 2. The molecule has 0 radical (unpaired) electrons. The molecule has 1 atom stereocenters. The van der Waals surface area contributed by atoms with Gasteiger partial charge in [0.2, 0.25) is 0 Å². The first-order valence-electron chi connectivity index (χ1n) is 3.09. The normalized spacial score (nSPS) is 9.89. The predicted octanol–water partition coefficient (Wildman–Crippen LogP) is 0.325. The summed E-state index contributed by atoms with van der Waals surface area (Å²) in [5, 5.41) is 1.31. The van der Waals surface area contributed by atoms with E-state index in [1.165, 1.54) is 11.6 Å². The SMILES string of the molecule is [AsH2]CCCn1ccnc1. The van der Waals surface area contributed by atoms with Gasteiger partial charge in [-0.15, -0.1) is 0 Å². The topological polar surface area (TPSA) is 17.8 Å². The van der Waals surface area contributed by atoms with Crippen LogP contribution in [0.3, 0.4) is 0 Å². The summed E-state index contributed by atoms with van der Waals surface area (Å²) in [5.74, 6) is 0. The molecule has 0 spiro atoms. The van der Waals surface area contributed by atoms with Crippen molar-refractivity contribution < 1.29 is 0 Å². The molecule has 0 saturated heterocycles. The first-order chi connectivity index (χ1) is 4.43. The van der Waals surface area contributed by atoms with E-state index in [0.29, 0.717) is 0 Å². The summed E-state index contributed by atoms with van der Waals surface area (Å²) in [4.78, 5) is 3.94. The van der Waals surface area contributed by atoms with Gasteiger partial charge in [-0.1, -0.05) is 0 Å². The zero-order chi connectivity index (χ0) is 6.53. The number of imidazole rings is 1. The van der Waals surface area contributed by atoms with Crippen LogP contribution >= 0.6 is 0 Å². The number of hydrogen-bond donors (Lipinski definition) is 0. The van der Waals surface area contributed by atoms with Crippen molar-refractivity contribution in [2.45, 2.75) is 18.2 Å². The summed E-state index contributed by atoms with van der Waals surface area (Å²) in [6.07, 6.45) is 6.96. The van der Waals surface area contributed by atoms with Crippen LogP contribution in [-0.2, 0) is 6.54 Å². The van der Waals surface area contributed by atoms with Gasteiger partial charge < -0.3 is 0 Å². The Hall–Kier alpha value is -0.232. The Morgan fingerprint density at radius 1 is 1.56 bits per heavy atom. The van der Waals surface area contributed by atoms with Crippen molar-refractivity contribution in [1.29, 1.82) is 0 Å². The molecule has 9 heavy (non-hydrogen) atoms. The molecule has 3 heteroatoms. The van der Waals surface area contributed by atoms with Crippen molar-refractivity contribution in [3.63, 3.8) is 0 Å². The van der Waals surface area contributed by atoms with E-state index in [2.05, 4.69) is 9.55 Å². The van der Waals surface area contributed by atoms with Crippen molar-refractivity contribution >= 4 is 16.9 Å². The fourth-order valence-corrected chi connectivity index (χ4v) is 1.08. The molecule has 1 unspecified atom stereocenters. The molecular weight excluding hydrogens is 175 g/mol. The van der Waals surface area contributed by atoms with E-state index in [0.717, 1.165) is 6.54 Å². The maximum absolute atomic E-state index is 3.94. The van der Waals surface area contributed by atoms with Crippen LogP contribution < -0.4 is 0 Å². The van der Waals surface area contributed by atoms with Crippen molar-refractivity contribution in [2.75, 3.05) is 0 Å². The van der Waals surface area contributed by atoms with Gasteiger partial charge in [0, 0.05) is 0 Å². The fourth-order valence-electron chi connectivity index (χ4n) is 0.693. The number of aryl methyl sites for hydroxylation is 1. The van der Waals surface area contributed by atoms with E-state index in [4.69, 9.17) is 0 Å². The van der Waals surface area contributed by atoms with Crippen LogP contribution in [0.25, 0.3) is 0 Å². The van der Waals surface area contributed by atoms with Gasteiger partial charge in [0.05, 0.1) is 0 Å². The van der Waals surface area contributed by atoms with Crippen LogP contribution in [0.5, 0.6) is 0 Å². The third-order valence-corrected chi connectivity index (χ3v) is 2.04.